The molecule has 0 aliphatic rings. The first-order chi connectivity index (χ1) is 11.4. The summed E-state index contributed by atoms with van der Waals surface area (Å²) < 4.78 is 6.54. The van der Waals surface area contributed by atoms with Crippen LogP contribution in [0.2, 0.25) is 10.0 Å². The number of halogens is 2. The van der Waals surface area contributed by atoms with Gasteiger partial charge in [0, 0.05) is 17.5 Å². The lowest BCUT2D eigenvalue weighted by molar-refractivity contribution is -0.425. The normalized spacial score (nSPS) is 13.4. The summed E-state index contributed by atoms with van der Waals surface area (Å²) in [5, 5.41) is 22.5. The summed E-state index contributed by atoms with van der Waals surface area (Å²) in [5.74, 6) is 0.374. The van der Waals surface area contributed by atoms with E-state index >= 15 is 0 Å². The minimum atomic E-state index is -0.941. The molecule has 1 atom stereocenters. The largest absolute Gasteiger partial charge is 0.624 e. The first-order valence-electron chi connectivity index (χ1n) is 7.45. The standard InChI is InChI=1S/C18H19Cl2NO3/c1-12(21(2)23)8-17(22)15-9-14(19)10-16(20)18(15)24-11-13-6-4-3-5-7-13/h3-7,9-10,17,22H,8,11H2,1-2H3/b21-12-/t17-/m0/s1. The van der Waals surface area contributed by atoms with Gasteiger partial charge in [0.25, 0.3) is 0 Å². The van der Waals surface area contributed by atoms with Crippen LogP contribution in [0.3, 0.4) is 0 Å². The Labute approximate surface area is 151 Å². The van der Waals surface area contributed by atoms with E-state index in [1.807, 2.05) is 30.3 Å². The molecule has 128 valence electrons. The molecule has 0 saturated heterocycles. The molecule has 0 radical (unpaired) electrons. The highest BCUT2D eigenvalue weighted by Crippen LogP contribution is 2.37. The van der Waals surface area contributed by atoms with Gasteiger partial charge in [0.2, 0.25) is 0 Å². The van der Waals surface area contributed by atoms with Crippen molar-refractivity contribution in [2.45, 2.75) is 26.1 Å². The second-order valence-electron chi connectivity index (χ2n) is 5.53. The zero-order valence-corrected chi connectivity index (χ0v) is 15.0. The fourth-order valence-corrected chi connectivity index (χ4v) is 2.79. The van der Waals surface area contributed by atoms with Gasteiger partial charge in [0.15, 0.2) is 5.71 Å². The molecular formula is C18H19Cl2NO3. The molecule has 0 unspecified atom stereocenters. The SMILES string of the molecule is C/C(C[C@H](O)c1cc(Cl)cc(Cl)c1OCc1ccccc1)=[N+](\C)[O-]. The van der Waals surface area contributed by atoms with Gasteiger partial charge in [-0.05, 0) is 17.7 Å². The van der Waals surface area contributed by atoms with E-state index < -0.39 is 6.10 Å². The summed E-state index contributed by atoms with van der Waals surface area (Å²) in [6, 6.07) is 12.8. The van der Waals surface area contributed by atoms with Crippen LogP contribution in [-0.2, 0) is 6.61 Å². The minimum absolute atomic E-state index is 0.165. The topological polar surface area (TPSA) is 55.5 Å². The average molecular weight is 368 g/mol. The summed E-state index contributed by atoms with van der Waals surface area (Å²) in [5.41, 5.74) is 1.93. The van der Waals surface area contributed by atoms with Gasteiger partial charge < -0.3 is 15.1 Å². The van der Waals surface area contributed by atoms with E-state index in [-0.39, 0.29) is 6.42 Å². The molecule has 0 saturated carbocycles. The Hall–Kier alpha value is -1.75. The highest BCUT2D eigenvalue weighted by atomic mass is 35.5. The number of nitrogens with zero attached hydrogens (tertiary/aromatic N) is 1. The highest BCUT2D eigenvalue weighted by molar-refractivity contribution is 6.35. The second-order valence-corrected chi connectivity index (χ2v) is 6.38. The predicted octanol–water partition coefficient (Wildman–Crippen LogP) is 4.60. The molecule has 2 aromatic carbocycles. The Morgan fingerprint density at radius 1 is 1.25 bits per heavy atom. The number of hydrogen-bond donors (Lipinski definition) is 1. The maximum absolute atomic E-state index is 11.3. The number of benzene rings is 2. The molecule has 0 bridgehead atoms. The molecule has 0 heterocycles. The fraction of sp³-hybridized carbons (Fsp3) is 0.278. The molecule has 24 heavy (non-hydrogen) atoms. The number of hydrogen-bond acceptors (Lipinski definition) is 3. The molecule has 0 aliphatic carbocycles. The van der Waals surface area contributed by atoms with Crippen LogP contribution in [0.25, 0.3) is 0 Å². The van der Waals surface area contributed by atoms with Gasteiger partial charge >= 0.3 is 0 Å². The van der Waals surface area contributed by atoms with Crippen molar-refractivity contribution in [2.75, 3.05) is 7.05 Å². The number of aliphatic hydroxyl groups excluding tert-OH is 1. The first-order valence-corrected chi connectivity index (χ1v) is 8.21. The van der Waals surface area contributed by atoms with Crippen LogP contribution in [0.5, 0.6) is 5.75 Å². The third-order valence-electron chi connectivity index (χ3n) is 3.65. The van der Waals surface area contributed by atoms with Crippen molar-refractivity contribution in [3.63, 3.8) is 0 Å². The molecule has 6 heteroatoms. The lowest BCUT2D eigenvalue weighted by Gasteiger charge is -2.18. The van der Waals surface area contributed by atoms with Gasteiger partial charge in [0.05, 0.1) is 17.5 Å². The van der Waals surface area contributed by atoms with Crippen LogP contribution in [0, 0.1) is 5.21 Å². The molecule has 0 spiro atoms. The average Bonchev–Trinajstić information content (AvgIpc) is 2.54. The highest BCUT2D eigenvalue weighted by Gasteiger charge is 2.20. The summed E-state index contributed by atoms with van der Waals surface area (Å²) >= 11 is 12.3. The van der Waals surface area contributed by atoms with Gasteiger partial charge in [-0.25, -0.2) is 4.74 Å². The van der Waals surface area contributed by atoms with Crippen molar-refractivity contribution in [2.24, 2.45) is 0 Å². The Morgan fingerprint density at radius 2 is 1.92 bits per heavy atom. The van der Waals surface area contributed by atoms with E-state index in [0.29, 0.717) is 33.7 Å². The van der Waals surface area contributed by atoms with Gasteiger partial charge in [-0.1, -0.05) is 53.5 Å². The number of ether oxygens (including phenoxy) is 1. The van der Waals surface area contributed by atoms with Crippen molar-refractivity contribution in [1.82, 2.24) is 0 Å². The van der Waals surface area contributed by atoms with Gasteiger partial charge in [0.1, 0.15) is 19.4 Å². The second kappa shape index (κ2) is 8.38. The Morgan fingerprint density at radius 3 is 2.54 bits per heavy atom. The van der Waals surface area contributed by atoms with E-state index in [4.69, 9.17) is 27.9 Å². The summed E-state index contributed by atoms with van der Waals surface area (Å²) in [4.78, 5) is 0. The molecule has 4 nitrogen and oxygen atoms in total. The van der Waals surface area contributed by atoms with E-state index in [1.165, 1.54) is 7.05 Å². The van der Waals surface area contributed by atoms with E-state index in [9.17, 15) is 10.3 Å². The van der Waals surface area contributed by atoms with Crippen LogP contribution >= 0.6 is 23.2 Å². The number of aliphatic hydroxyl groups is 1. The van der Waals surface area contributed by atoms with Crippen molar-refractivity contribution in [3.8, 4) is 5.75 Å². The van der Waals surface area contributed by atoms with Crippen LogP contribution in [-0.4, -0.2) is 22.6 Å². The molecule has 0 aromatic heterocycles. The fourth-order valence-electron chi connectivity index (χ4n) is 2.23. The number of rotatable bonds is 6. The Bertz CT molecular complexity index is 729. The Balaban J connectivity index is 2.28. The molecule has 2 rings (SSSR count). The summed E-state index contributed by atoms with van der Waals surface area (Å²) in [7, 11) is 1.39. The van der Waals surface area contributed by atoms with Crippen molar-refractivity contribution < 1.29 is 14.6 Å². The van der Waals surface area contributed by atoms with Crippen LogP contribution in [0.1, 0.15) is 30.6 Å². The molecular weight excluding hydrogens is 349 g/mol. The third kappa shape index (κ3) is 4.87. The van der Waals surface area contributed by atoms with Gasteiger partial charge in [-0.2, -0.15) is 0 Å². The zero-order valence-electron chi connectivity index (χ0n) is 13.5. The van der Waals surface area contributed by atoms with Gasteiger partial charge in [-0.3, -0.25) is 0 Å². The monoisotopic (exact) mass is 367 g/mol. The minimum Gasteiger partial charge on any atom is -0.624 e. The smallest absolute Gasteiger partial charge is 0.163 e. The zero-order chi connectivity index (χ0) is 17.7. The van der Waals surface area contributed by atoms with Crippen molar-refractivity contribution in [1.29, 1.82) is 0 Å². The van der Waals surface area contributed by atoms with Crippen molar-refractivity contribution >= 4 is 28.9 Å². The third-order valence-corrected chi connectivity index (χ3v) is 4.15. The van der Waals surface area contributed by atoms with Gasteiger partial charge in [-0.15, -0.1) is 0 Å². The predicted molar refractivity (Wildman–Crippen MR) is 97.0 cm³/mol. The molecule has 0 amide bonds. The van der Waals surface area contributed by atoms with E-state index in [2.05, 4.69) is 0 Å². The molecule has 2 aromatic rings. The van der Waals surface area contributed by atoms with E-state index in [1.54, 1.807) is 19.1 Å². The van der Waals surface area contributed by atoms with Crippen LogP contribution in [0.4, 0.5) is 0 Å². The van der Waals surface area contributed by atoms with Crippen molar-refractivity contribution in [3.05, 3.63) is 68.8 Å². The number of hydroxylamine groups is 1. The lowest BCUT2D eigenvalue weighted by Crippen LogP contribution is -2.13. The summed E-state index contributed by atoms with van der Waals surface area (Å²) in [6.07, 6.45) is -0.776. The quantitative estimate of drug-likeness (QED) is 0.351. The lowest BCUT2D eigenvalue weighted by atomic mass is 10.0. The maximum atomic E-state index is 11.3. The van der Waals surface area contributed by atoms with Crippen LogP contribution < -0.4 is 4.74 Å². The molecule has 1 N–H and O–H groups in total. The van der Waals surface area contributed by atoms with E-state index in [0.717, 1.165) is 10.3 Å². The first kappa shape index (κ1) is 18.6. The maximum Gasteiger partial charge on any atom is 0.163 e. The summed E-state index contributed by atoms with van der Waals surface area (Å²) in [6.45, 7) is 1.97. The molecule has 0 fully saturated rings. The Kier molecular flexibility index (Phi) is 6.49. The van der Waals surface area contributed by atoms with Crippen LogP contribution in [0.15, 0.2) is 42.5 Å². The molecule has 0 aliphatic heterocycles.